The third-order valence-corrected chi connectivity index (χ3v) is 4.07. The smallest absolute Gasteiger partial charge is 0.227 e. The van der Waals surface area contributed by atoms with E-state index in [2.05, 4.69) is 15.5 Å². The summed E-state index contributed by atoms with van der Waals surface area (Å²) in [5, 5.41) is 18.3. The molecule has 2 N–H and O–H groups in total. The van der Waals surface area contributed by atoms with Gasteiger partial charge in [-0.25, -0.2) is 0 Å². The molecule has 0 saturated carbocycles. The lowest BCUT2D eigenvalue weighted by Gasteiger charge is -2.07. The second-order valence-electron chi connectivity index (χ2n) is 5.06. The Hall–Kier alpha value is -2.67. The minimum Gasteiger partial charge on any atom is -0.506 e. The van der Waals surface area contributed by atoms with Crippen molar-refractivity contribution in [3.8, 4) is 16.5 Å². The van der Waals surface area contributed by atoms with Crippen LogP contribution in [-0.4, -0.2) is 21.2 Å². The van der Waals surface area contributed by atoms with Crippen LogP contribution >= 0.6 is 11.3 Å². The maximum Gasteiger partial charge on any atom is 0.227 e. The first-order valence-corrected chi connectivity index (χ1v) is 7.96. The molecule has 1 amide bonds. The molecule has 3 rings (SSSR count). The fraction of sp³-hybridized carbons (Fsp3) is 0.188. The van der Waals surface area contributed by atoms with Crippen molar-refractivity contribution in [3.63, 3.8) is 0 Å². The molecule has 0 saturated heterocycles. The zero-order valence-corrected chi connectivity index (χ0v) is 13.3. The highest BCUT2D eigenvalue weighted by Gasteiger charge is 2.12. The van der Waals surface area contributed by atoms with Crippen LogP contribution in [0.3, 0.4) is 0 Å². The van der Waals surface area contributed by atoms with Crippen molar-refractivity contribution < 1.29 is 14.4 Å². The third-order valence-electron chi connectivity index (χ3n) is 3.20. The first-order valence-electron chi connectivity index (χ1n) is 7.08. The van der Waals surface area contributed by atoms with E-state index in [-0.39, 0.29) is 18.1 Å². The van der Waals surface area contributed by atoms with Crippen LogP contribution in [0.5, 0.6) is 5.75 Å². The largest absolute Gasteiger partial charge is 0.506 e. The Balaban J connectivity index is 1.57. The van der Waals surface area contributed by atoms with Gasteiger partial charge in [-0.1, -0.05) is 17.3 Å². The van der Waals surface area contributed by atoms with E-state index in [1.807, 2.05) is 30.5 Å². The number of anilines is 1. The number of aryl methyl sites for hydroxylation is 2. The van der Waals surface area contributed by atoms with Gasteiger partial charge in [0.15, 0.2) is 0 Å². The van der Waals surface area contributed by atoms with E-state index in [9.17, 15) is 9.90 Å². The molecule has 0 unspecified atom stereocenters. The van der Waals surface area contributed by atoms with Gasteiger partial charge in [0.1, 0.15) is 5.75 Å². The summed E-state index contributed by atoms with van der Waals surface area (Å²) in [6, 6.07) is 8.91. The van der Waals surface area contributed by atoms with Crippen LogP contribution in [0.2, 0.25) is 0 Å². The first kappa shape index (κ1) is 15.2. The molecule has 0 bridgehead atoms. The van der Waals surface area contributed by atoms with E-state index in [1.165, 1.54) is 11.3 Å². The van der Waals surface area contributed by atoms with Crippen LogP contribution in [0.1, 0.15) is 17.9 Å². The van der Waals surface area contributed by atoms with Crippen molar-refractivity contribution in [2.24, 2.45) is 0 Å². The lowest BCUT2D eigenvalue weighted by atomic mass is 10.2. The van der Waals surface area contributed by atoms with Gasteiger partial charge in [-0.3, -0.25) is 4.79 Å². The van der Waals surface area contributed by atoms with Crippen molar-refractivity contribution in [1.29, 1.82) is 0 Å². The van der Waals surface area contributed by atoms with Gasteiger partial charge < -0.3 is 14.9 Å². The number of rotatable bonds is 5. The van der Waals surface area contributed by atoms with E-state index >= 15 is 0 Å². The van der Waals surface area contributed by atoms with Gasteiger partial charge in [0.05, 0.1) is 10.6 Å². The van der Waals surface area contributed by atoms with Crippen LogP contribution in [0.15, 0.2) is 40.2 Å². The second-order valence-corrected chi connectivity index (χ2v) is 6.01. The Bertz CT molecular complexity index is 812. The molecule has 0 atom stereocenters. The number of hydrogen-bond acceptors (Lipinski definition) is 6. The summed E-state index contributed by atoms with van der Waals surface area (Å²) in [7, 11) is 0. The van der Waals surface area contributed by atoms with Crippen LogP contribution in [0.25, 0.3) is 10.7 Å². The number of amides is 1. The van der Waals surface area contributed by atoms with Gasteiger partial charge in [0.25, 0.3) is 0 Å². The summed E-state index contributed by atoms with van der Waals surface area (Å²) in [6.45, 7) is 1.87. The third kappa shape index (κ3) is 3.75. The van der Waals surface area contributed by atoms with E-state index in [0.717, 1.165) is 10.4 Å². The molecule has 118 valence electrons. The van der Waals surface area contributed by atoms with Gasteiger partial charge in [-0.15, -0.1) is 11.3 Å². The molecule has 1 aromatic carbocycles. The SMILES string of the molecule is Cc1ccc(NC(=O)CCc2nc(-c3cccs3)no2)c(O)c1. The number of thiophene rings is 1. The lowest BCUT2D eigenvalue weighted by Crippen LogP contribution is -2.12. The predicted octanol–water partition coefficient (Wildman–Crippen LogP) is 3.38. The summed E-state index contributed by atoms with van der Waals surface area (Å²) in [5.74, 6) is 0.777. The number of nitrogens with one attached hydrogen (secondary N) is 1. The number of hydrogen-bond donors (Lipinski definition) is 2. The average molecular weight is 329 g/mol. The van der Waals surface area contributed by atoms with E-state index in [1.54, 1.807) is 12.1 Å². The zero-order valence-electron chi connectivity index (χ0n) is 12.4. The average Bonchev–Trinajstić information content (AvgIpc) is 3.18. The highest BCUT2D eigenvalue weighted by molar-refractivity contribution is 7.13. The normalized spacial score (nSPS) is 10.7. The standard InChI is InChI=1S/C16H15N3O3S/c1-10-4-5-11(12(20)9-10)17-14(21)6-7-15-18-16(19-22-15)13-3-2-8-23-13/h2-5,8-9,20H,6-7H2,1H3,(H,17,21). The molecule has 0 aliphatic heterocycles. The van der Waals surface area contributed by atoms with Crippen molar-refractivity contribution >= 4 is 22.9 Å². The molecule has 0 aliphatic carbocycles. The molecule has 0 radical (unpaired) electrons. The lowest BCUT2D eigenvalue weighted by molar-refractivity contribution is -0.116. The van der Waals surface area contributed by atoms with Crippen LogP contribution < -0.4 is 5.32 Å². The molecule has 0 fully saturated rings. The van der Waals surface area contributed by atoms with Crippen molar-refractivity contribution in [2.45, 2.75) is 19.8 Å². The van der Waals surface area contributed by atoms with Gasteiger partial charge in [-0.05, 0) is 36.1 Å². The number of phenols is 1. The Labute approximate surface area is 136 Å². The number of aromatic nitrogens is 2. The van der Waals surface area contributed by atoms with E-state index < -0.39 is 0 Å². The van der Waals surface area contributed by atoms with Crippen molar-refractivity contribution in [2.75, 3.05) is 5.32 Å². The molecule has 3 aromatic rings. The monoisotopic (exact) mass is 329 g/mol. The maximum absolute atomic E-state index is 11.9. The van der Waals surface area contributed by atoms with Crippen molar-refractivity contribution in [3.05, 3.63) is 47.2 Å². The Morgan fingerprint density at radius 3 is 3.00 bits per heavy atom. The summed E-state index contributed by atoms with van der Waals surface area (Å²) >= 11 is 1.53. The number of carbonyl (C=O) groups is 1. The van der Waals surface area contributed by atoms with Gasteiger partial charge in [-0.2, -0.15) is 4.98 Å². The maximum atomic E-state index is 11.9. The van der Waals surface area contributed by atoms with E-state index in [4.69, 9.17) is 4.52 Å². The van der Waals surface area contributed by atoms with Crippen LogP contribution in [-0.2, 0) is 11.2 Å². The van der Waals surface area contributed by atoms with Crippen LogP contribution in [0, 0.1) is 6.92 Å². The Morgan fingerprint density at radius 1 is 1.39 bits per heavy atom. The van der Waals surface area contributed by atoms with Crippen molar-refractivity contribution in [1.82, 2.24) is 10.1 Å². The molecule has 0 spiro atoms. The number of phenolic OH excluding ortho intramolecular Hbond substituents is 1. The summed E-state index contributed by atoms with van der Waals surface area (Å²) in [4.78, 5) is 17.1. The van der Waals surface area contributed by atoms with Gasteiger partial charge in [0.2, 0.25) is 17.6 Å². The highest BCUT2D eigenvalue weighted by Crippen LogP contribution is 2.24. The van der Waals surface area contributed by atoms with Gasteiger partial charge in [0, 0.05) is 12.8 Å². The molecular formula is C16H15N3O3S. The minimum absolute atomic E-state index is 0.0520. The molecule has 2 aromatic heterocycles. The Morgan fingerprint density at radius 2 is 2.26 bits per heavy atom. The van der Waals surface area contributed by atoms with E-state index in [0.29, 0.717) is 23.8 Å². The Kier molecular flexibility index (Phi) is 4.38. The molecular weight excluding hydrogens is 314 g/mol. The first-order chi connectivity index (χ1) is 11.1. The second kappa shape index (κ2) is 6.62. The molecule has 7 heteroatoms. The molecule has 23 heavy (non-hydrogen) atoms. The number of carbonyl (C=O) groups excluding carboxylic acids is 1. The zero-order chi connectivity index (χ0) is 16.2. The molecule has 2 heterocycles. The quantitative estimate of drug-likeness (QED) is 0.701. The number of aromatic hydroxyl groups is 1. The number of nitrogens with zero attached hydrogens (tertiary/aromatic N) is 2. The van der Waals surface area contributed by atoms with Crippen LogP contribution in [0.4, 0.5) is 5.69 Å². The van der Waals surface area contributed by atoms with Gasteiger partial charge >= 0.3 is 0 Å². The molecule has 6 nitrogen and oxygen atoms in total. The minimum atomic E-state index is -0.222. The summed E-state index contributed by atoms with van der Waals surface area (Å²) in [6.07, 6.45) is 0.538. The topological polar surface area (TPSA) is 88.3 Å². The highest BCUT2D eigenvalue weighted by atomic mass is 32.1. The predicted molar refractivity (Wildman–Crippen MR) is 87.4 cm³/mol. The summed E-state index contributed by atoms with van der Waals surface area (Å²) < 4.78 is 5.14. The summed E-state index contributed by atoms with van der Waals surface area (Å²) in [5.41, 5.74) is 1.32. The fourth-order valence-corrected chi connectivity index (χ4v) is 2.69. The number of benzene rings is 1. The molecule has 0 aliphatic rings. The fourth-order valence-electron chi connectivity index (χ4n) is 2.04.